The van der Waals surface area contributed by atoms with Gasteiger partial charge in [-0.15, -0.1) is 0 Å². The first-order chi connectivity index (χ1) is 8.45. The standard InChI is InChI=1S/C15H17FN2/c1-9-4-10(2)6-12(5-9)18-15-7-11(3)13(16)8-14(15)17/h4-8,18H,17H2,1-3H3. The van der Waals surface area contributed by atoms with E-state index in [-0.39, 0.29) is 5.82 Å². The molecule has 0 unspecified atom stereocenters. The van der Waals surface area contributed by atoms with E-state index in [4.69, 9.17) is 5.73 Å². The molecule has 0 aliphatic heterocycles. The van der Waals surface area contributed by atoms with Crippen LogP contribution in [0.4, 0.5) is 21.5 Å². The third kappa shape index (κ3) is 2.62. The summed E-state index contributed by atoms with van der Waals surface area (Å²) in [6.07, 6.45) is 0. The molecule has 0 aliphatic rings. The van der Waals surface area contributed by atoms with Crippen LogP contribution in [0.25, 0.3) is 0 Å². The van der Waals surface area contributed by atoms with Crippen molar-refractivity contribution in [2.45, 2.75) is 20.8 Å². The van der Waals surface area contributed by atoms with Crippen LogP contribution < -0.4 is 11.1 Å². The monoisotopic (exact) mass is 244 g/mol. The van der Waals surface area contributed by atoms with Crippen LogP contribution >= 0.6 is 0 Å². The SMILES string of the molecule is Cc1cc(C)cc(Nc2cc(C)c(F)cc2N)c1. The molecule has 0 aliphatic carbocycles. The van der Waals surface area contributed by atoms with Crippen LogP contribution in [0.3, 0.4) is 0 Å². The van der Waals surface area contributed by atoms with Gasteiger partial charge in [-0.05, 0) is 61.7 Å². The molecule has 2 aromatic rings. The molecule has 2 rings (SSSR count). The van der Waals surface area contributed by atoms with Gasteiger partial charge in [0.2, 0.25) is 0 Å². The van der Waals surface area contributed by atoms with Crippen molar-refractivity contribution in [3.05, 3.63) is 52.8 Å². The number of nitrogens with one attached hydrogen (secondary N) is 1. The van der Waals surface area contributed by atoms with E-state index in [2.05, 4.69) is 11.4 Å². The average molecular weight is 244 g/mol. The second-order valence-electron chi connectivity index (χ2n) is 4.69. The van der Waals surface area contributed by atoms with Crippen molar-refractivity contribution in [3.8, 4) is 0 Å². The molecule has 0 spiro atoms. The molecule has 0 aromatic heterocycles. The van der Waals surface area contributed by atoms with Crippen LogP contribution in [-0.4, -0.2) is 0 Å². The van der Waals surface area contributed by atoms with E-state index in [0.717, 1.165) is 11.4 Å². The summed E-state index contributed by atoms with van der Waals surface area (Å²) in [5.74, 6) is -0.279. The Morgan fingerprint density at radius 1 is 0.944 bits per heavy atom. The van der Waals surface area contributed by atoms with Gasteiger partial charge in [0.25, 0.3) is 0 Å². The molecular weight excluding hydrogens is 227 g/mol. The van der Waals surface area contributed by atoms with Crippen molar-refractivity contribution in [2.75, 3.05) is 11.1 Å². The molecule has 3 N–H and O–H groups in total. The Labute approximate surface area is 107 Å². The fourth-order valence-corrected chi connectivity index (χ4v) is 2.01. The van der Waals surface area contributed by atoms with Crippen LogP contribution in [0.15, 0.2) is 30.3 Å². The lowest BCUT2D eigenvalue weighted by Crippen LogP contribution is -1.99. The third-order valence-electron chi connectivity index (χ3n) is 2.83. The zero-order valence-corrected chi connectivity index (χ0v) is 10.8. The number of nitrogens with two attached hydrogens (primary N) is 1. The Hall–Kier alpha value is -2.03. The molecular formula is C15H17FN2. The highest BCUT2D eigenvalue weighted by molar-refractivity contribution is 5.73. The van der Waals surface area contributed by atoms with E-state index < -0.39 is 0 Å². The second-order valence-corrected chi connectivity index (χ2v) is 4.69. The summed E-state index contributed by atoms with van der Waals surface area (Å²) in [6.45, 7) is 5.80. The van der Waals surface area contributed by atoms with E-state index in [0.29, 0.717) is 11.3 Å². The number of benzene rings is 2. The van der Waals surface area contributed by atoms with Gasteiger partial charge in [-0.25, -0.2) is 4.39 Å². The Bertz CT molecular complexity index is 571. The lowest BCUT2D eigenvalue weighted by Gasteiger charge is -2.12. The minimum absolute atomic E-state index is 0.279. The highest BCUT2D eigenvalue weighted by Crippen LogP contribution is 2.27. The number of halogens is 1. The van der Waals surface area contributed by atoms with Gasteiger partial charge in [-0.2, -0.15) is 0 Å². The van der Waals surface area contributed by atoms with Crippen molar-refractivity contribution in [3.63, 3.8) is 0 Å². The van der Waals surface area contributed by atoms with E-state index in [1.807, 2.05) is 26.0 Å². The number of nitrogen functional groups attached to an aromatic ring is 1. The zero-order valence-electron chi connectivity index (χ0n) is 10.8. The highest BCUT2D eigenvalue weighted by Gasteiger charge is 2.05. The fraction of sp³-hybridized carbons (Fsp3) is 0.200. The molecule has 2 aromatic carbocycles. The van der Waals surface area contributed by atoms with Crippen molar-refractivity contribution in [2.24, 2.45) is 0 Å². The lowest BCUT2D eigenvalue weighted by atomic mass is 10.1. The second kappa shape index (κ2) is 4.69. The van der Waals surface area contributed by atoms with Crippen molar-refractivity contribution in [1.29, 1.82) is 0 Å². The van der Waals surface area contributed by atoms with Crippen LogP contribution in [0, 0.1) is 26.6 Å². The van der Waals surface area contributed by atoms with Gasteiger partial charge in [0.1, 0.15) is 5.82 Å². The maximum absolute atomic E-state index is 13.3. The van der Waals surface area contributed by atoms with Crippen LogP contribution in [0.5, 0.6) is 0 Å². The molecule has 2 nitrogen and oxygen atoms in total. The van der Waals surface area contributed by atoms with Gasteiger partial charge in [-0.1, -0.05) is 6.07 Å². The molecule has 3 heteroatoms. The van der Waals surface area contributed by atoms with Crippen molar-refractivity contribution in [1.82, 2.24) is 0 Å². The number of anilines is 3. The summed E-state index contributed by atoms with van der Waals surface area (Å²) in [7, 11) is 0. The Kier molecular flexibility index (Phi) is 3.24. The number of hydrogen-bond donors (Lipinski definition) is 2. The first-order valence-corrected chi connectivity index (χ1v) is 5.86. The largest absolute Gasteiger partial charge is 0.397 e. The molecule has 0 heterocycles. The maximum atomic E-state index is 13.3. The normalized spacial score (nSPS) is 10.4. The topological polar surface area (TPSA) is 38.0 Å². The first-order valence-electron chi connectivity index (χ1n) is 5.86. The molecule has 94 valence electrons. The smallest absolute Gasteiger partial charge is 0.128 e. The summed E-state index contributed by atoms with van der Waals surface area (Å²) in [4.78, 5) is 0. The summed E-state index contributed by atoms with van der Waals surface area (Å²) < 4.78 is 13.3. The summed E-state index contributed by atoms with van der Waals surface area (Å²) in [5.41, 5.74) is 10.9. The van der Waals surface area contributed by atoms with Gasteiger partial charge in [0, 0.05) is 5.69 Å². The Morgan fingerprint density at radius 3 is 2.17 bits per heavy atom. The van der Waals surface area contributed by atoms with Crippen molar-refractivity contribution < 1.29 is 4.39 Å². The Balaban J connectivity index is 2.36. The predicted molar refractivity (Wildman–Crippen MR) is 74.7 cm³/mol. The van der Waals surface area contributed by atoms with E-state index in [1.54, 1.807) is 13.0 Å². The average Bonchev–Trinajstić information content (AvgIpc) is 2.24. The van der Waals surface area contributed by atoms with E-state index in [9.17, 15) is 4.39 Å². The van der Waals surface area contributed by atoms with Gasteiger partial charge in [0.05, 0.1) is 11.4 Å². The van der Waals surface area contributed by atoms with Gasteiger partial charge in [-0.3, -0.25) is 0 Å². The van der Waals surface area contributed by atoms with Gasteiger partial charge in [0.15, 0.2) is 0 Å². The quantitative estimate of drug-likeness (QED) is 0.781. The molecule has 0 bridgehead atoms. The number of hydrogen-bond acceptors (Lipinski definition) is 2. The maximum Gasteiger partial charge on any atom is 0.128 e. The van der Waals surface area contributed by atoms with Crippen LogP contribution in [-0.2, 0) is 0 Å². The number of aryl methyl sites for hydroxylation is 3. The molecule has 0 atom stereocenters. The van der Waals surface area contributed by atoms with Crippen LogP contribution in [0.2, 0.25) is 0 Å². The minimum Gasteiger partial charge on any atom is -0.397 e. The number of rotatable bonds is 2. The molecule has 0 fully saturated rings. The Morgan fingerprint density at radius 2 is 1.56 bits per heavy atom. The van der Waals surface area contributed by atoms with Gasteiger partial charge < -0.3 is 11.1 Å². The van der Waals surface area contributed by atoms with Gasteiger partial charge >= 0.3 is 0 Å². The zero-order chi connectivity index (χ0) is 13.3. The van der Waals surface area contributed by atoms with Crippen LogP contribution in [0.1, 0.15) is 16.7 Å². The van der Waals surface area contributed by atoms with Crippen molar-refractivity contribution >= 4 is 17.1 Å². The lowest BCUT2D eigenvalue weighted by molar-refractivity contribution is 0.619. The molecule has 0 saturated heterocycles. The molecule has 0 amide bonds. The van der Waals surface area contributed by atoms with E-state index >= 15 is 0 Å². The summed E-state index contributed by atoms with van der Waals surface area (Å²) >= 11 is 0. The highest BCUT2D eigenvalue weighted by atomic mass is 19.1. The molecule has 0 saturated carbocycles. The first kappa shape index (κ1) is 12.4. The minimum atomic E-state index is -0.279. The van der Waals surface area contributed by atoms with E-state index in [1.165, 1.54) is 17.2 Å². The summed E-state index contributed by atoms with van der Waals surface area (Å²) in [6, 6.07) is 9.24. The predicted octanol–water partition coefficient (Wildman–Crippen LogP) is 4.08. The summed E-state index contributed by atoms with van der Waals surface area (Å²) in [5, 5.41) is 3.23. The molecule has 0 radical (unpaired) electrons. The molecule has 18 heavy (non-hydrogen) atoms. The third-order valence-corrected chi connectivity index (χ3v) is 2.83. The fourth-order valence-electron chi connectivity index (χ4n) is 2.01.